The van der Waals surface area contributed by atoms with Crippen LogP contribution in [-0.2, 0) is 24.0 Å². The lowest BCUT2D eigenvalue weighted by Gasteiger charge is -2.37. The van der Waals surface area contributed by atoms with Crippen molar-refractivity contribution in [3.8, 4) is 0 Å². The summed E-state index contributed by atoms with van der Waals surface area (Å²) in [5.41, 5.74) is -0.692. The van der Waals surface area contributed by atoms with Crippen LogP contribution in [0.1, 0.15) is 111 Å². The normalized spacial score (nSPS) is 21.9. The van der Waals surface area contributed by atoms with Crippen LogP contribution >= 0.6 is 0 Å². The van der Waals surface area contributed by atoms with E-state index in [1.807, 2.05) is 62.3 Å². The van der Waals surface area contributed by atoms with Crippen molar-refractivity contribution in [2.75, 3.05) is 6.54 Å². The van der Waals surface area contributed by atoms with Gasteiger partial charge in [0.25, 0.3) is 11.8 Å². The molecule has 8 atom stereocenters. The van der Waals surface area contributed by atoms with E-state index in [0.29, 0.717) is 19.4 Å². The van der Waals surface area contributed by atoms with Crippen molar-refractivity contribution < 1.29 is 28.8 Å². The molecule has 2 fully saturated rings. The highest BCUT2D eigenvalue weighted by Gasteiger charge is 2.52. The Balaban J connectivity index is 1.86. The van der Waals surface area contributed by atoms with Crippen LogP contribution in [0.15, 0.2) is 18.6 Å². The lowest BCUT2D eigenvalue weighted by Crippen LogP contribution is -2.62. The van der Waals surface area contributed by atoms with E-state index >= 15 is 0 Å². The zero-order chi connectivity index (χ0) is 36.6. The molecule has 1 aromatic heterocycles. The number of fused-ring (bicyclic) bond motifs is 1. The van der Waals surface area contributed by atoms with Crippen LogP contribution in [0, 0.1) is 29.1 Å². The number of aromatic nitrogens is 2. The van der Waals surface area contributed by atoms with Crippen LogP contribution in [-0.4, -0.2) is 86.9 Å². The molecule has 3 rings (SSSR count). The molecule has 1 aliphatic carbocycles. The molecule has 1 saturated carbocycles. The number of likely N-dealkylation sites (tertiary alicyclic amines) is 1. The van der Waals surface area contributed by atoms with E-state index in [0.717, 1.165) is 19.3 Å². The van der Waals surface area contributed by atoms with Crippen molar-refractivity contribution in [3.63, 3.8) is 0 Å². The van der Waals surface area contributed by atoms with Gasteiger partial charge in [0.2, 0.25) is 23.5 Å². The molecular weight excluding hydrogens is 626 g/mol. The molecule has 1 aromatic rings. The number of nitrogens with one attached hydrogen (secondary N) is 4. The maximum Gasteiger partial charge on any atom is 0.289 e. The number of ketones is 1. The van der Waals surface area contributed by atoms with Gasteiger partial charge in [-0.05, 0) is 55.3 Å². The van der Waals surface area contributed by atoms with Crippen LogP contribution < -0.4 is 21.3 Å². The highest BCUT2D eigenvalue weighted by atomic mass is 16.2. The van der Waals surface area contributed by atoms with Crippen LogP contribution in [0.4, 0.5) is 0 Å². The molecule has 2 heterocycles. The third-order valence-electron chi connectivity index (χ3n) is 10.2. The van der Waals surface area contributed by atoms with E-state index in [1.165, 1.54) is 18.6 Å². The first-order chi connectivity index (χ1) is 23.0. The van der Waals surface area contributed by atoms with Gasteiger partial charge in [-0.25, -0.2) is 4.98 Å². The lowest BCUT2D eigenvalue weighted by molar-refractivity contribution is -0.146. The van der Waals surface area contributed by atoms with Crippen LogP contribution in [0.3, 0.4) is 0 Å². The molecule has 1 saturated heterocycles. The summed E-state index contributed by atoms with van der Waals surface area (Å²) < 4.78 is 0. The molecule has 2 unspecified atom stereocenters. The van der Waals surface area contributed by atoms with Gasteiger partial charge in [-0.15, -0.1) is 0 Å². The minimum Gasteiger partial charge on any atom is -0.347 e. The minimum absolute atomic E-state index is 0.0660. The van der Waals surface area contributed by atoms with Crippen molar-refractivity contribution in [1.29, 1.82) is 0 Å². The van der Waals surface area contributed by atoms with E-state index < -0.39 is 64.9 Å². The van der Waals surface area contributed by atoms with Crippen molar-refractivity contribution in [1.82, 2.24) is 36.1 Å². The van der Waals surface area contributed by atoms with E-state index in [2.05, 4.69) is 31.2 Å². The summed E-state index contributed by atoms with van der Waals surface area (Å²) in [4.78, 5) is 91.1. The number of Topliss-reactive ketones (excluding diaryl/α,β-unsaturated/α-hetero) is 1. The first-order valence-corrected chi connectivity index (χ1v) is 17.8. The Morgan fingerprint density at radius 2 is 1.63 bits per heavy atom. The van der Waals surface area contributed by atoms with Crippen molar-refractivity contribution in [3.05, 3.63) is 24.3 Å². The summed E-state index contributed by atoms with van der Waals surface area (Å²) in [5.74, 6) is -3.54. The molecule has 2 aliphatic rings. The van der Waals surface area contributed by atoms with Crippen molar-refractivity contribution >= 4 is 35.3 Å². The molecule has 13 nitrogen and oxygen atoms in total. The fourth-order valence-corrected chi connectivity index (χ4v) is 6.67. The summed E-state index contributed by atoms with van der Waals surface area (Å²) in [7, 11) is 0. The van der Waals surface area contributed by atoms with Gasteiger partial charge in [0.1, 0.15) is 23.8 Å². The molecule has 4 N–H and O–H groups in total. The second-order valence-electron chi connectivity index (χ2n) is 15.2. The molecule has 272 valence electrons. The zero-order valence-electron chi connectivity index (χ0n) is 30.7. The maximum atomic E-state index is 14.5. The standard InChI is InChI=1S/C36H57N7O6/c1-10-13-25(29(44)34(48)39-22(6)20(3)4)40-33(47)28-24-15-12-14-23(24)19-43(28)35(49)30(36(7,8)9)42-32(46)27(21(5)11-2)41-31(45)26-18-37-16-17-38-26/h16-18,20-25,27-28,30H,10-15,19H2,1-9H3,(H,39,48)(H,40,47)(H,41,45)(H,42,46)/t21-,22-,23-,24-,25-,27?,28?,30+/m0/s1. The number of carbonyl (C=O) groups excluding carboxylic acids is 6. The topological polar surface area (TPSA) is 180 Å². The fourth-order valence-electron chi connectivity index (χ4n) is 6.67. The number of hydrogen-bond donors (Lipinski definition) is 4. The predicted octanol–water partition coefficient (Wildman–Crippen LogP) is 2.79. The molecule has 0 radical (unpaired) electrons. The largest absolute Gasteiger partial charge is 0.347 e. The van der Waals surface area contributed by atoms with E-state index in [1.54, 1.807) is 4.90 Å². The Hall–Kier alpha value is -3.90. The van der Waals surface area contributed by atoms with Gasteiger partial charge in [0.05, 0.1) is 12.2 Å². The third-order valence-corrected chi connectivity index (χ3v) is 10.2. The number of rotatable bonds is 15. The van der Waals surface area contributed by atoms with Gasteiger partial charge in [-0.2, -0.15) is 0 Å². The SMILES string of the molecule is CCC[C@H](NC(=O)C1[C@H]2CCC[C@H]2CN1C(=O)[C@@H](NC(=O)C(NC(=O)c1cnccn1)[C@@H](C)CC)C(C)(C)C)C(=O)C(=O)N[C@@H](C)C(C)C. The van der Waals surface area contributed by atoms with Gasteiger partial charge in [-0.1, -0.05) is 74.7 Å². The second-order valence-corrected chi connectivity index (χ2v) is 15.2. The van der Waals surface area contributed by atoms with Gasteiger partial charge in [0.15, 0.2) is 0 Å². The molecule has 49 heavy (non-hydrogen) atoms. The van der Waals surface area contributed by atoms with Crippen LogP contribution in [0.2, 0.25) is 0 Å². The molecule has 0 spiro atoms. The Morgan fingerprint density at radius 3 is 2.20 bits per heavy atom. The molecule has 0 bridgehead atoms. The Morgan fingerprint density at radius 1 is 0.939 bits per heavy atom. The average Bonchev–Trinajstić information content (AvgIpc) is 3.66. The van der Waals surface area contributed by atoms with Gasteiger partial charge in [0, 0.05) is 25.0 Å². The smallest absolute Gasteiger partial charge is 0.289 e. The van der Waals surface area contributed by atoms with E-state index in [4.69, 9.17) is 0 Å². The first kappa shape index (κ1) is 39.5. The maximum absolute atomic E-state index is 14.5. The van der Waals surface area contributed by atoms with Crippen LogP contribution in [0.5, 0.6) is 0 Å². The quantitative estimate of drug-likeness (QED) is 0.204. The monoisotopic (exact) mass is 683 g/mol. The van der Waals surface area contributed by atoms with Gasteiger partial charge >= 0.3 is 0 Å². The summed E-state index contributed by atoms with van der Waals surface area (Å²) in [5, 5.41) is 11.3. The highest BCUT2D eigenvalue weighted by molar-refractivity contribution is 6.38. The minimum atomic E-state index is -1.03. The molecular formula is C36H57N7O6. The lowest BCUT2D eigenvalue weighted by atomic mass is 9.84. The van der Waals surface area contributed by atoms with Crippen molar-refractivity contribution in [2.24, 2.45) is 29.1 Å². The summed E-state index contributed by atoms with van der Waals surface area (Å²) in [6.07, 6.45) is 8.11. The molecule has 13 heteroatoms. The summed E-state index contributed by atoms with van der Waals surface area (Å²) in [6, 6.07) is -4.08. The number of amides is 5. The van der Waals surface area contributed by atoms with Crippen LogP contribution in [0.25, 0.3) is 0 Å². The predicted molar refractivity (Wildman–Crippen MR) is 185 cm³/mol. The molecule has 0 aromatic carbocycles. The van der Waals surface area contributed by atoms with Gasteiger partial charge < -0.3 is 26.2 Å². The van der Waals surface area contributed by atoms with Crippen molar-refractivity contribution in [2.45, 2.75) is 131 Å². The Labute approximate surface area is 290 Å². The fraction of sp³-hybridized carbons (Fsp3) is 0.722. The molecule has 1 aliphatic heterocycles. The highest BCUT2D eigenvalue weighted by Crippen LogP contribution is 2.43. The Bertz CT molecular complexity index is 1350. The van der Waals surface area contributed by atoms with E-state index in [9.17, 15) is 28.8 Å². The summed E-state index contributed by atoms with van der Waals surface area (Å²) >= 11 is 0. The molecule has 5 amide bonds. The Kier molecular flexibility index (Phi) is 13.8. The first-order valence-electron chi connectivity index (χ1n) is 17.8. The second kappa shape index (κ2) is 17.2. The third kappa shape index (κ3) is 9.85. The van der Waals surface area contributed by atoms with Gasteiger partial charge in [-0.3, -0.25) is 33.8 Å². The zero-order valence-corrected chi connectivity index (χ0v) is 30.7. The number of nitrogens with zero attached hydrogens (tertiary/aromatic N) is 3. The average molecular weight is 684 g/mol. The number of carbonyl (C=O) groups is 6. The van der Waals surface area contributed by atoms with E-state index in [-0.39, 0.29) is 41.8 Å². The number of hydrogen-bond acceptors (Lipinski definition) is 8. The summed E-state index contributed by atoms with van der Waals surface area (Å²) in [6.45, 7) is 17.2.